The van der Waals surface area contributed by atoms with Crippen LogP contribution in [-0.4, -0.2) is 26.7 Å². The molecule has 1 aromatic carbocycles. The smallest absolute Gasteiger partial charge is 0.156 e. The number of benzene rings is 1. The highest BCUT2D eigenvalue weighted by Crippen LogP contribution is 2.31. The zero-order valence-corrected chi connectivity index (χ0v) is 17.3. The first-order chi connectivity index (χ1) is 12.6. The van der Waals surface area contributed by atoms with Gasteiger partial charge in [0.15, 0.2) is 5.65 Å². The molecule has 3 aromatic rings. The molecule has 3 rings (SSSR count). The van der Waals surface area contributed by atoms with Gasteiger partial charge in [-0.15, -0.1) is 0 Å². The lowest BCUT2D eigenvalue weighted by atomic mass is 9.93. The van der Waals surface area contributed by atoms with Gasteiger partial charge in [-0.1, -0.05) is 25.4 Å². The van der Waals surface area contributed by atoms with E-state index in [9.17, 15) is 0 Å². The van der Waals surface area contributed by atoms with Gasteiger partial charge >= 0.3 is 0 Å². The van der Waals surface area contributed by atoms with E-state index < -0.39 is 5.54 Å². The number of aryl methyl sites for hydroxylation is 2. The molecule has 2 N–H and O–H groups in total. The first kappa shape index (κ1) is 19.6. The molecule has 1 atom stereocenters. The molecule has 0 radical (unpaired) electrons. The van der Waals surface area contributed by atoms with Crippen LogP contribution in [0.25, 0.3) is 16.9 Å². The van der Waals surface area contributed by atoms with Crippen molar-refractivity contribution in [1.29, 1.82) is 0 Å². The standard InChI is InChI=1S/C21H27ClN4O/c1-13(2)11-21(5,23)12-27-19-7-6-16(10-17(19)22)18-8-14(3)24-20-9-15(4)25-26(18)20/h6-10,13H,11-12,23H2,1-5H3/t21-/m0/s1. The van der Waals surface area contributed by atoms with Crippen molar-refractivity contribution in [1.82, 2.24) is 14.6 Å². The number of fused-ring (bicyclic) bond motifs is 1. The molecule has 0 spiro atoms. The van der Waals surface area contributed by atoms with Crippen LogP contribution >= 0.6 is 11.6 Å². The Bertz CT molecular complexity index is 962. The maximum atomic E-state index is 6.50. The fourth-order valence-corrected chi connectivity index (χ4v) is 3.67. The molecular weight excluding hydrogens is 360 g/mol. The highest BCUT2D eigenvalue weighted by Gasteiger charge is 2.21. The third-order valence-corrected chi connectivity index (χ3v) is 4.63. The van der Waals surface area contributed by atoms with E-state index in [4.69, 9.17) is 22.1 Å². The van der Waals surface area contributed by atoms with Gasteiger partial charge in [0.05, 0.1) is 16.4 Å². The second-order valence-electron chi connectivity index (χ2n) is 8.02. The van der Waals surface area contributed by atoms with Gasteiger partial charge in [0.25, 0.3) is 0 Å². The van der Waals surface area contributed by atoms with Crippen molar-refractivity contribution in [3.05, 3.63) is 46.7 Å². The van der Waals surface area contributed by atoms with Gasteiger partial charge < -0.3 is 10.5 Å². The summed E-state index contributed by atoms with van der Waals surface area (Å²) < 4.78 is 7.76. The molecule has 5 nitrogen and oxygen atoms in total. The largest absolute Gasteiger partial charge is 0.490 e. The van der Waals surface area contributed by atoms with E-state index in [-0.39, 0.29) is 0 Å². The molecule has 0 unspecified atom stereocenters. The number of hydrogen-bond acceptors (Lipinski definition) is 4. The van der Waals surface area contributed by atoms with Crippen molar-refractivity contribution < 1.29 is 4.74 Å². The number of nitrogens with zero attached hydrogens (tertiary/aromatic N) is 3. The molecule has 0 aliphatic carbocycles. The number of hydrogen-bond donors (Lipinski definition) is 1. The van der Waals surface area contributed by atoms with E-state index in [1.54, 1.807) is 0 Å². The highest BCUT2D eigenvalue weighted by molar-refractivity contribution is 6.32. The van der Waals surface area contributed by atoms with Crippen LogP contribution in [0.3, 0.4) is 0 Å². The second kappa shape index (κ2) is 7.49. The third-order valence-electron chi connectivity index (χ3n) is 4.34. The third kappa shape index (κ3) is 4.60. The fraction of sp³-hybridized carbons (Fsp3) is 0.429. The van der Waals surface area contributed by atoms with Crippen molar-refractivity contribution in [3.8, 4) is 17.0 Å². The minimum absolute atomic E-state index is 0.392. The van der Waals surface area contributed by atoms with Gasteiger partial charge in [0.1, 0.15) is 12.4 Å². The summed E-state index contributed by atoms with van der Waals surface area (Å²) in [6.07, 6.45) is 0.885. The Balaban J connectivity index is 1.87. The van der Waals surface area contributed by atoms with E-state index in [0.717, 1.165) is 34.7 Å². The van der Waals surface area contributed by atoms with Crippen molar-refractivity contribution in [3.63, 3.8) is 0 Å². The molecule has 0 bridgehead atoms. The zero-order chi connectivity index (χ0) is 19.8. The average Bonchev–Trinajstić information content (AvgIpc) is 2.91. The normalized spacial score (nSPS) is 13.9. The van der Waals surface area contributed by atoms with Crippen molar-refractivity contribution in [2.75, 3.05) is 6.61 Å². The van der Waals surface area contributed by atoms with Gasteiger partial charge in [-0.05, 0) is 57.4 Å². The summed E-state index contributed by atoms with van der Waals surface area (Å²) in [6.45, 7) is 10.7. The summed E-state index contributed by atoms with van der Waals surface area (Å²) in [7, 11) is 0. The minimum Gasteiger partial charge on any atom is -0.490 e. The molecule has 2 aromatic heterocycles. The van der Waals surface area contributed by atoms with Crippen molar-refractivity contribution in [2.45, 2.75) is 46.6 Å². The van der Waals surface area contributed by atoms with Crippen LogP contribution in [-0.2, 0) is 0 Å². The molecule has 144 valence electrons. The molecule has 6 heteroatoms. The maximum absolute atomic E-state index is 6.50. The Morgan fingerprint density at radius 1 is 1.19 bits per heavy atom. The number of nitrogens with two attached hydrogens (primary N) is 1. The lowest BCUT2D eigenvalue weighted by Gasteiger charge is -2.26. The highest BCUT2D eigenvalue weighted by atomic mass is 35.5. The Morgan fingerprint density at radius 2 is 1.93 bits per heavy atom. The van der Waals surface area contributed by atoms with Crippen LogP contribution < -0.4 is 10.5 Å². The molecular formula is C21H27ClN4O. The fourth-order valence-electron chi connectivity index (χ4n) is 3.43. The Labute approximate surface area is 165 Å². The number of rotatable bonds is 6. The van der Waals surface area contributed by atoms with Crippen LogP contribution in [0.15, 0.2) is 30.3 Å². The van der Waals surface area contributed by atoms with Crippen LogP contribution in [0.1, 0.15) is 38.6 Å². The van der Waals surface area contributed by atoms with E-state index >= 15 is 0 Å². The first-order valence-corrected chi connectivity index (χ1v) is 9.58. The number of aromatic nitrogens is 3. The number of halogens is 1. The topological polar surface area (TPSA) is 65.4 Å². The van der Waals surface area contributed by atoms with Crippen molar-refractivity contribution >= 4 is 17.2 Å². The summed E-state index contributed by atoms with van der Waals surface area (Å²) in [4.78, 5) is 4.53. The summed E-state index contributed by atoms with van der Waals surface area (Å²) in [5.41, 5.74) is 10.5. The van der Waals surface area contributed by atoms with Crippen LogP contribution in [0.2, 0.25) is 5.02 Å². The lowest BCUT2D eigenvalue weighted by Crippen LogP contribution is -2.43. The van der Waals surface area contributed by atoms with Crippen molar-refractivity contribution in [2.24, 2.45) is 11.7 Å². The molecule has 27 heavy (non-hydrogen) atoms. The molecule has 0 saturated carbocycles. The molecule has 0 saturated heterocycles. The van der Waals surface area contributed by atoms with E-state index in [2.05, 4.69) is 23.9 Å². The second-order valence-corrected chi connectivity index (χ2v) is 8.43. The molecule has 0 fully saturated rings. The zero-order valence-electron chi connectivity index (χ0n) is 16.6. The quantitative estimate of drug-likeness (QED) is 0.660. The Hall–Kier alpha value is -2.11. The van der Waals surface area contributed by atoms with Gasteiger partial charge in [0, 0.05) is 22.9 Å². The number of ether oxygens (including phenoxy) is 1. The van der Waals surface area contributed by atoms with E-state index in [1.165, 1.54) is 0 Å². The SMILES string of the molecule is Cc1cc(-c2ccc(OC[C@@](C)(N)CC(C)C)c(Cl)c2)n2nc(C)cc2n1. The van der Waals surface area contributed by atoms with E-state index in [0.29, 0.717) is 23.3 Å². The van der Waals surface area contributed by atoms with Crippen LogP contribution in [0.4, 0.5) is 0 Å². The summed E-state index contributed by atoms with van der Waals surface area (Å²) in [5, 5.41) is 5.10. The summed E-state index contributed by atoms with van der Waals surface area (Å²) in [5.74, 6) is 1.15. The lowest BCUT2D eigenvalue weighted by molar-refractivity contribution is 0.207. The molecule has 0 amide bonds. The Kier molecular flexibility index (Phi) is 5.45. The van der Waals surface area contributed by atoms with Gasteiger partial charge in [0.2, 0.25) is 0 Å². The predicted molar refractivity (Wildman–Crippen MR) is 110 cm³/mol. The van der Waals surface area contributed by atoms with E-state index in [1.807, 2.05) is 55.6 Å². The van der Waals surface area contributed by atoms with Crippen LogP contribution in [0, 0.1) is 19.8 Å². The van der Waals surface area contributed by atoms with Crippen LogP contribution in [0.5, 0.6) is 5.75 Å². The summed E-state index contributed by atoms with van der Waals surface area (Å²) in [6, 6.07) is 9.75. The minimum atomic E-state index is -0.392. The van der Waals surface area contributed by atoms with Gasteiger partial charge in [-0.2, -0.15) is 5.10 Å². The molecule has 0 aliphatic heterocycles. The summed E-state index contributed by atoms with van der Waals surface area (Å²) >= 11 is 6.50. The predicted octanol–water partition coefficient (Wildman–Crippen LogP) is 4.81. The first-order valence-electron chi connectivity index (χ1n) is 9.20. The molecule has 2 heterocycles. The van der Waals surface area contributed by atoms with Gasteiger partial charge in [-0.3, -0.25) is 0 Å². The molecule has 0 aliphatic rings. The Morgan fingerprint density at radius 3 is 2.59 bits per heavy atom. The van der Waals surface area contributed by atoms with Gasteiger partial charge in [-0.25, -0.2) is 9.50 Å². The average molecular weight is 387 g/mol. The maximum Gasteiger partial charge on any atom is 0.156 e. The monoisotopic (exact) mass is 386 g/mol.